The van der Waals surface area contributed by atoms with Gasteiger partial charge in [-0.1, -0.05) is 44.2 Å². The summed E-state index contributed by atoms with van der Waals surface area (Å²) in [6.07, 6.45) is -2.17. The number of amides is 9. The molecule has 0 saturated carbocycles. The largest absolute Gasteiger partial charge is 0.481 e. The number of nitrogens with two attached hydrogens (primary N) is 4. The van der Waals surface area contributed by atoms with Crippen molar-refractivity contribution in [3.8, 4) is 0 Å². The lowest BCUT2D eigenvalue weighted by atomic mass is 10.0. The van der Waals surface area contributed by atoms with Crippen molar-refractivity contribution in [2.45, 2.75) is 127 Å². The number of carboxylic acid groups (broad SMARTS) is 2. The number of carbonyl (C=O) groups is 11. The van der Waals surface area contributed by atoms with Gasteiger partial charge >= 0.3 is 11.9 Å². The van der Waals surface area contributed by atoms with E-state index in [-0.39, 0.29) is 38.1 Å². The number of carbonyl (C=O) groups excluding carboxylic acids is 9. The maximum Gasteiger partial charge on any atom is 0.326 e. The molecule has 0 aliphatic heterocycles. The van der Waals surface area contributed by atoms with E-state index in [4.69, 9.17) is 22.9 Å². The molecule has 9 amide bonds. The number of nitrogens with one attached hydrogen (secondary N) is 7. The van der Waals surface area contributed by atoms with Gasteiger partial charge in [0.25, 0.3) is 0 Å². The second kappa shape index (κ2) is 28.9. The van der Waals surface area contributed by atoms with E-state index in [1.54, 1.807) is 44.2 Å². The Balaban J connectivity index is 3.32. The summed E-state index contributed by atoms with van der Waals surface area (Å²) in [5, 5.41) is 45.5. The normalized spacial score (nSPS) is 14.6. The first-order valence-electron chi connectivity index (χ1n) is 20.7. The second-order valence-electron chi connectivity index (χ2n) is 15.6. The monoisotopic (exact) mass is 921 g/mol. The summed E-state index contributed by atoms with van der Waals surface area (Å²) in [4.78, 5) is 140. The molecule has 0 heterocycles. The molecule has 0 fully saturated rings. The van der Waals surface area contributed by atoms with Crippen molar-refractivity contribution >= 4 is 65.1 Å². The second-order valence-corrected chi connectivity index (χ2v) is 15.6. The van der Waals surface area contributed by atoms with E-state index in [0.717, 1.165) is 0 Å². The van der Waals surface area contributed by atoms with Crippen LogP contribution in [0.4, 0.5) is 0 Å². The molecular weight excluding hydrogens is 859 g/mol. The fourth-order valence-electron chi connectivity index (χ4n) is 6.00. The molecule has 0 aliphatic carbocycles. The molecule has 1 rings (SSSR count). The average Bonchev–Trinajstić information content (AvgIpc) is 3.22. The SMILES string of the molecule is CC(C)C[C@H](NC(=O)[C@H](CCC(N)=O)NC(=O)[C@H](CCCCN)NC(=O)[C@H](CC(=O)O)NC(=O)[C@H](C)NC(=O)[C@@H](N)CC(N)=O)C(=O)N[C@@H](CO)C(=O)N[C@@H](Cc1ccccc1)C(=O)O. The van der Waals surface area contributed by atoms with Crippen molar-refractivity contribution in [3.63, 3.8) is 0 Å². The Kier molecular flexibility index (Phi) is 25.0. The van der Waals surface area contributed by atoms with Crippen molar-refractivity contribution in [3.05, 3.63) is 35.9 Å². The minimum atomic E-state index is -1.82. The van der Waals surface area contributed by atoms with Gasteiger partial charge in [-0.15, -0.1) is 0 Å². The van der Waals surface area contributed by atoms with E-state index in [1.807, 2.05) is 0 Å². The lowest BCUT2D eigenvalue weighted by molar-refractivity contribution is -0.142. The van der Waals surface area contributed by atoms with Crippen molar-refractivity contribution in [2.24, 2.45) is 28.9 Å². The maximum absolute atomic E-state index is 13.8. The van der Waals surface area contributed by atoms with Crippen LogP contribution in [0.1, 0.15) is 77.7 Å². The zero-order valence-corrected chi connectivity index (χ0v) is 36.5. The summed E-state index contributed by atoms with van der Waals surface area (Å²) in [6, 6.07) is -3.92. The first-order chi connectivity index (χ1) is 30.5. The number of aliphatic hydroxyl groups excluding tert-OH is 1. The molecule has 25 nitrogen and oxygen atoms in total. The summed E-state index contributed by atoms with van der Waals surface area (Å²) in [5.74, 6) is -12.2. The van der Waals surface area contributed by atoms with E-state index in [9.17, 15) is 68.1 Å². The number of primary amides is 2. The smallest absolute Gasteiger partial charge is 0.326 e. The standard InChI is InChI=1S/C40H63N11O14/c1-20(2)15-26(37(61)51-29(19-52)39(63)50-28(40(64)65)16-22-9-5-4-6-10-22)49-36(60)25(12-13-30(43)53)47-35(59)24(11-7-8-14-41)46-38(62)27(18-32(55)56)48-33(57)21(3)45-34(58)23(42)17-31(44)54/h4-6,9-10,20-21,23-29,52H,7-8,11-19,41-42H2,1-3H3,(H2,43,53)(H2,44,54)(H,45,58)(H,46,62)(H,47,59)(H,48,57)(H,49,60)(H,50,63)(H,51,61)(H,55,56)(H,64,65)/t21-,23-,24-,25-,26-,27-,28-,29-/m0/s1. The molecule has 0 bridgehead atoms. The summed E-state index contributed by atoms with van der Waals surface area (Å²) < 4.78 is 0. The quantitative estimate of drug-likeness (QED) is 0.0310. The molecule has 362 valence electrons. The minimum Gasteiger partial charge on any atom is -0.481 e. The van der Waals surface area contributed by atoms with Gasteiger partial charge in [-0.2, -0.15) is 0 Å². The maximum atomic E-state index is 13.8. The average molecular weight is 922 g/mol. The molecule has 1 aromatic rings. The van der Waals surface area contributed by atoms with Gasteiger partial charge in [0.2, 0.25) is 53.2 Å². The molecule has 0 radical (unpaired) electrons. The van der Waals surface area contributed by atoms with Crippen LogP contribution in [0.3, 0.4) is 0 Å². The highest BCUT2D eigenvalue weighted by Gasteiger charge is 2.35. The third-order valence-corrected chi connectivity index (χ3v) is 9.47. The Hall–Kier alpha value is -6.73. The van der Waals surface area contributed by atoms with Crippen LogP contribution in [0.2, 0.25) is 0 Å². The molecule has 25 heteroatoms. The zero-order valence-electron chi connectivity index (χ0n) is 36.5. The number of aliphatic hydroxyl groups is 1. The Bertz CT molecular complexity index is 1830. The molecule has 8 atom stereocenters. The van der Waals surface area contributed by atoms with Gasteiger partial charge in [0.1, 0.15) is 42.3 Å². The third kappa shape index (κ3) is 22.0. The highest BCUT2D eigenvalue weighted by atomic mass is 16.4. The van der Waals surface area contributed by atoms with Crippen LogP contribution in [-0.4, -0.2) is 142 Å². The molecule has 18 N–H and O–H groups in total. The van der Waals surface area contributed by atoms with Crippen LogP contribution in [0.5, 0.6) is 0 Å². The Morgan fingerprint density at radius 1 is 0.569 bits per heavy atom. The number of benzene rings is 1. The van der Waals surface area contributed by atoms with Crippen molar-refractivity contribution in [1.29, 1.82) is 0 Å². The number of unbranched alkanes of at least 4 members (excludes halogenated alkanes) is 1. The van der Waals surface area contributed by atoms with Crippen molar-refractivity contribution in [1.82, 2.24) is 37.2 Å². The molecule has 0 saturated heterocycles. The van der Waals surface area contributed by atoms with Gasteiger partial charge in [-0.3, -0.25) is 47.9 Å². The minimum absolute atomic E-state index is 0.0590. The summed E-state index contributed by atoms with van der Waals surface area (Å²) >= 11 is 0. The topological polar surface area (TPSA) is 437 Å². The first-order valence-corrected chi connectivity index (χ1v) is 20.7. The van der Waals surface area contributed by atoms with E-state index in [0.29, 0.717) is 12.0 Å². The molecule has 0 aliphatic rings. The van der Waals surface area contributed by atoms with Gasteiger partial charge in [-0.05, 0) is 57.1 Å². The van der Waals surface area contributed by atoms with Gasteiger partial charge in [0, 0.05) is 12.8 Å². The number of hydrogen-bond acceptors (Lipinski definition) is 14. The van der Waals surface area contributed by atoms with E-state index in [1.165, 1.54) is 6.92 Å². The zero-order chi connectivity index (χ0) is 49.4. The summed E-state index contributed by atoms with van der Waals surface area (Å²) in [7, 11) is 0. The first kappa shape index (κ1) is 56.3. The van der Waals surface area contributed by atoms with Crippen LogP contribution in [0.25, 0.3) is 0 Å². The predicted octanol–water partition coefficient (Wildman–Crippen LogP) is -5.16. The summed E-state index contributed by atoms with van der Waals surface area (Å²) in [6.45, 7) is 3.78. The summed E-state index contributed by atoms with van der Waals surface area (Å²) in [5.41, 5.74) is 22.2. The van der Waals surface area contributed by atoms with E-state index >= 15 is 0 Å². The number of rotatable bonds is 31. The van der Waals surface area contributed by atoms with Crippen LogP contribution < -0.4 is 60.2 Å². The third-order valence-electron chi connectivity index (χ3n) is 9.47. The van der Waals surface area contributed by atoms with E-state index < -0.39 is 146 Å². The number of aliphatic carboxylic acids is 2. The molecule has 1 aromatic carbocycles. The lowest BCUT2D eigenvalue weighted by Crippen LogP contribution is -2.60. The van der Waals surface area contributed by atoms with Crippen LogP contribution in [0.15, 0.2) is 30.3 Å². The molecule has 0 aromatic heterocycles. The molecule has 0 spiro atoms. The van der Waals surface area contributed by atoms with Gasteiger partial charge < -0.3 is 75.5 Å². The lowest BCUT2D eigenvalue weighted by Gasteiger charge is -2.28. The van der Waals surface area contributed by atoms with Crippen molar-refractivity contribution in [2.75, 3.05) is 13.2 Å². The Morgan fingerprint density at radius 2 is 1.06 bits per heavy atom. The van der Waals surface area contributed by atoms with Crippen LogP contribution >= 0.6 is 0 Å². The van der Waals surface area contributed by atoms with Gasteiger partial charge in [-0.25, -0.2) is 4.79 Å². The van der Waals surface area contributed by atoms with Gasteiger partial charge in [0.05, 0.1) is 25.5 Å². The number of carboxylic acids is 2. The van der Waals surface area contributed by atoms with E-state index in [2.05, 4.69) is 37.2 Å². The van der Waals surface area contributed by atoms with Crippen LogP contribution in [-0.2, 0) is 59.2 Å². The van der Waals surface area contributed by atoms with Crippen molar-refractivity contribution < 1.29 is 68.1 Å². The molecule has 0 unspecified atom stereocenters. The predicted molar refractivity (Wildman–Crippen MR) is 229 cm³/mol. The van der Waals surface area contributed by atoms with Gasteiger partial charge in [0.15, 0.2) is 0 Å². The highest BCUT2D eigenvalue weighted by molar-refractivity contribution is 5.98. The Morgan fingerprint density at radius 3 is 1.57 bits per heavy atom. The molecular formula is C40H63N11O14. The fourth-order valence-corrected chi connectivity index (χ4v) is 6.00. The highest BCUT2D eigenvalue weighted by Crippen LogP contribution is 2.10. The Labute approximate surface area is 374 Å². The number of hydrogen-bond donors (Lipinski definition) is 14. The molecule has 65 heavy (non-hydrogen) atoms. The fraction of sp³-hybridized carbons (Fsp3) is 0.575. The van der Waals surface area contributed by atoms with Crippen LogP contribution in [0, 0.1) is 5.92 Å².